The lowest BCUT2D eigenvalue weighted by Gasteiger charge is -1.97. The first-order valence-corrected chi connectivity index (χ1v) is 5.52. The lowest BCUT2D eigenvalue weighted by atomic mass is 10.2. The molecule has 3 heteroatoms. The summed E-state index contributed by atoms with van der Waals surface area (Å²) in [6.07, 6.45) is 3.46. The SMILES string of the molecule is c1ccc2c(c1)cc1nc3cnc[nH]c3cc12. The van der Waals surface area contributed by atoms with Gasteiger partial charge in [-0.2, -0.15) is 0 Å². The molecule has 3 nitrogen and oxygen atoms in total. The standard InChI is InChI=1S/C14H9N3/c1-2-4-10-9(3-1)5-12-11(10)6-13-14(17-12)7-15-8-16-13/h1-8H,(H,15,16). The van der Waals surface area contributed by atoms with Crippen LogP contribution >= 0.6 is 0 Å². The second-order valence-electron chi connectivity index (χ2n) is 4.14. The van der Waals surface area contributed by atoms with Crippen molar-refractivity contribution in [1.82, 2.24) is 15.0 Å². The van der Waals surface area contributed by atoms with Crippen molar-refractivity contribution in [3.8, 4) is 0 Å². The van der Waals surface area contributed by atoms with Gasteiger partial charge in [0.1, 0.15) is 5.52 Å². The summed E-state index contributed by atoms with van der Waals surface area (Å²) in [6, 6.07) is 12.6. The van der Waals surface area contributed by atoms with E-state index in [1.165, 1.54) is 16.2 Å². The molecule has 2 heterocycles. The number of nitrogens with zero attached hydrogens (tertiary/aromatic N) is 2. The Morgan fingerprint density at radius 2 is 1.88 bits per heavy atom. The molecule has 0 aliphatic carbocycles. The first-order chi connectivity index (χ1) is 8.42. The van der Waals surface area contributed by atoms with Crippen LogP contribution in [-0.2, 0) is 0 Å². The third-order valence-corrected chi connectivity index (χ3v) is 3.12. The minimum atomic E-state index is 0.898. The van der Waals surface area contributed by atoms with Crippen molar-refractivity contribution in [2.45, 2.75) is 0 Å². The maximum Gasteiger partial charge on any atom is 0.106 e. The second-order valence-corrected chi connectivity index (χ2v) is 4.14. The molecule has 0 spiro atoms. The van der Waals surface area contributed by atoms with Crippen molar-refractivity contribution in [2.75, 3.05) is 0 Å². The number of nitrogens with one attached hydrogen (secondary N) is 1. The van der Waals surface area contributed by atoms with Crippen LogP contribution in [0.5, 0.6) is 0 Å². The van der Waals surface area contributed by atoms with Crippen LogP contribution in [0.1, 0.15) is 0 Å². The van der Waals surface area contributed by atoms with E-state index in [-0.39, 0.29) is 0 Å². The summed E-state index contributed by atoms with van der Waals surface area (Å²) >= 11 is 0. The van der Waals surface area contributed by atoms with E-state index in [1.807, 2.05) is 0 Å². The van der Waals surface area contributed by atoms with Crippen molar-refractivity contribution in [3.05, 3.63) is 48.9 Å². The van der Waals surface area contributed by atoms with Crippen LogP contribution in [0.25, 0.3) is 32.7 Å². The van der Waals surface area contributed by atoms with Gasteiger partial charge in [0.05, 0.1) is 23.6 Å². The molecule has 4 aromatic rings. The number of fused-ring (bicyclic) bond motifs is 4. The number of H-pyrrole nitrogens is 1. The van der Waals surface area contributed by atoms with Crippen molar-refractivity contribution in [2.24, 2.45) is 0 Å². The summed E-state index contributed by atoms with van der Waals surface area (Å²) < 4.78 is 0. The zero-order chi connectivity index (χ0) is 11.2. The quantitative estimate of drug-likeness (QED) is 0.493. The van der Waals surface area contributed by atoms with Gasteiger partial charge >= 0.3 is 0 Å². The highest BCUT2D eigenvalue weighted by Crippen LogP contribution is 2.28. The first-order valence-electron chi connectivity index (χ1n) is 5.52. The topological polar surface area (TPSA) is 41.6 Å². The molecule has 4 rings (SSSR count). The van der Waals surface area contributed by atoms with Gasteiger partial charge in [-0.05, 0) is 22.9 Å². The number of pyridine rings is 1. The van der Waals surface area contributed by atoms with Crippen molar-refractivity contribution in [1.29, 1.82) is 0 Å². The number of aromatic amines is 1. The van der Waals surface area contributed by atoms with Gasteiger partial charge in [0, 0.05) is 5.39 Å². The molecule has 0 bridgehead atoms. The predicted octanol–water partition coefficient (Wildman–Crippen LogP) is 3.26. The maximum absolute atomic E-state index is 4.62. The average Bonchev–Trinajstić information content (AvgIpc) is 2.73. The van der Waals surface area contributed by atoms with Crippen LogP contribution in [0.2, 0.25) is 0 Å². The van der Waals surface area contributed by atoms with Gasteiger partial charge in [0.2, 0.25) is 0 Å². The average molecular weight is 219 g/mol. The van der Waals surface area contributed by atoms with Crippen LogP contribution in [0.4, 0.5) is 0 Å². The second kappa shape index (κ2) is 3.04. The summed E-state index contributed by atoms with van der Waals surface area (Å²) in [5, 5.41) is 3.68. The number of hydrogen-bond donors (Lipinski definition) is 1. The van der Waals surface area contributed by atoms with Gasteiger partial charge in [-0.1, -0.05) is 24.3 Å². The van der Waals surface area contributed by atoms with E-state index >= 15 is 0 Å². The van der Waals surface area contributed by atoms with Crippen LogP contribution < -0.4 is 0 Å². The highest BCUT2D eigenvalue weighted by Gasteiger charge is 2.05. The highest BCUT2D eigenvalue weighted by molar-refractivity contribution is 6.12. The minimum Gasteiger partial charge on any atom is -0.345 e. The number of rotatable bonds is 0. The molecule has 2 aromatic heterocycles. The lowest BCUT2D eigenvalue weighted by Crippen LogP contribution is -1.84. The lowest BCUT2D eigenvalue weighted by molar-refractivity contribution is 1.21. The number of aromatic nitrogens is 3. The molecule has 80 valence electrons. The van der Waals surface area contributed by atoms with Gasteiger partial charge in [-0.3, -0.25) is 0 Å². The Labute approximate surface area is 97.1 Å². The van der Waals surface area contributed by atoms with E-state index in [0.29, 0.717) is 0 Å². The predicted molar refractivity (Wildman–Crippen MR) is 68.9 cm³/mol. The molecular formula is C14H9N3. The van der Waals surface area contributed by atoms with Gasteiger partial charge in [-0.25, -0.2) is 9.97 Å². The molecule has 0 aliphatic rings. The maximum atomic E-state index is 4.62. The third kappa shape index (κ3) is 1.16. The fraction of sp³-hybridized carbons (Fsp3) is 0. The Morgan fingerprint density at radius 3 is 2.88 bits per heavy atom. The van der Waals surface area contributed by atoms with Crippen molar-refractivity contribution in [3.63, 3.8) is 0 Å². The zero-order valence-corrected chi connectivity index (χ0v) is 9.01. The molecule has 1 N–H and O–H groups in total. The van der Waals surface area contributed by atoms with Gasteiger partial charge in [0.25, 0.3) is 0 Å². The van der Waals surface area contributed by atoms with Gasteiger partial charge in [-0.15, -0.1) is 0 Å². The van der Waals surface area contributed by atoms with E-state index in [9.17, 15) is 0 Å². The third-order valence-electron chi connectivity index (χ3n) is 3.12. The molecule has 0 unspecified atom stereocenters. The summed E-state index contributed by atoms with van der Waals surface area (Å²) in [7, 11) is 0. The minimum absolute atomic E-state index is 0.898. The number of hydrogen-bond acceptors (Lipinski definition) is 2. The molecular weight excluding hydrogens is 210 g/mol. The molecule has 0 fully saturated rings. The zero-order valence-electron chi connectivity index (χ0n) is 9.01. The molecule has 0 atom stereocenters. The Balaban J connectivity index is 2.28. The Morgan fingerprint density at radius 1 is 0.941 bits per heavy atom. The van der Waals surface area contributed by atoms with E-state index in [2.05, 4.69) is 51.4 Å². The Bertz CT molecular complexity index is 840. The van der Waals surface area contributed by atoms with E-state index in [0.717, 1.165) is 16.6 Å². The highest BCUT2D eigenvalue weighted by atomic mass is 14.9. The monoisotopic (exact) mass is 219 g/mol. The molecule has 0 amide bonds. The molecule has 0 saturated heterocycles. The van der Waals surface area contributed by atoms with E-state index in [1.54, 1.807) is 12.5 Å². The van der Waals surface area contributed by atoms with Crippen LogP contribution in [0, 0.1) is 0 Å². The smallest absolute Gasteiger partial charge is 0.106 e. The summed E-state index contributed by atoms with van der Waals surface area (Å²) in [4.78, 5) is 11.8. The van der Waals surface area contributed by atoms with Gasteiger partial charge in [0.15, 0.2) is 0 Å². The van der Waals surface area contributed by atoms with Crippen molar-refractivity contribution >= 4 is 32.7 Å². The van der Waals surface area contributed by atoms with Crippen LogP contribution in [0.3, 0.4) is 0 Å². The van der Waals surface area contributed by atoms with E-state index < -0.39 is 0 Å². The molecule has 2 aromatic carbocycles. The normalized spacial score (nSPS) is 11.5. The van der Waals surface area contributed by atoms with Gasteiger partial charge < -0.3 is 4.98 Å². The fourth-order valence-electron chi connectivity index (χ4n) is 2.31. The van der Waals surface area contributed by atoms with Crippen molar-refractivity contribution < 1.29 is 0 Å². The Hall–Kier alpha value is -2.42. The molecule has 17 heavy (non-hydrogen) atoms. The first kappa shape index (κ1) is 8.70. The van der Waals surface area contributed by atoms with Crippen LogP contribution in [-0.4, -0.2) is 15.0 Å². The molecule has 0 saturated carbocycles. The summed E-state index contributed by atoms with van der Waals surface area (Å²) in [5.41, 5.74) is 2.94. The summed E-state index contributed by atoms with van der Waals surface area (Å²) in [6.45, 7) is 0. The Kier molecular flexibility index (Phi) is 1.56. The molecule has 0 radical (unpaired) electrons. The largest absolute Gasteiger partial charge is 0.345 e. The van der Waals surface area contributed by atoms with Crippen LogP contribution in [0.15, 0.2) is 48.9 Å². The summed E-state index contributed by atoms with van der Waals surface area (Å²) in [5.74, 6) is 0. The molecule has 0 aliphatic heterocycles. The van der Waals surface area contributed by atoms with E-state index in [4.69, 9.17) is 0 Å². The number of benzene rings is 1. The fourth-order valence-corrected chi connectivity index (χ4v) is 2.31.